The number of amides is 1. The van der Waals surface area contributed by atoms with Crippen LogP contribution in [0.1, 0.15) is 27.4 Å². The lowest BCUT2D eigenvalue weighted by atomic mass is 10.2. The molecule has 1 aliphatic heterocycles. The fourth-order valence-corrected chi connectivity index (χ4v) is 2.08. The SMILES string of the molecule is Cc1cc2c(cn1)CN(C(=O)c1ncc[nH]1)C2. The highest BCUT2D eigenvalue weighted by atomic mass is 16.2. The van der Waals surface area contributed by atoms with Gasteiger partial charge in [-0.1, -0.05) is 0 Å². The lowest BCUT2D eigenvalue weighted by Crippen LogP contribution is -2.26. The van der Waals surface area contributed by atoms with Gasteiger partial charge in [0.05, 0.1) is 0 Å². The minimum atomic E-state index is -0.0659. The molecule has 0 radical (unpaired) electrons. The summed E-state index contributed by atoms with van der Waals surface area (Å²) in [5.74, 6) is 0.325. The van der Waals surface area contributed by atoms with E-state index in [9.17, 15) is 4.79 Å². The van der Waals surface area contributed by atoms with E-state index in [1.54, 1.807) is 17.3 Å². The van der Waals surface area contributed by atoms with Gasteiger partial charge in [0, 0.05) is 37.4 Å². The molecule has 5 nitrogen and oxygen atoms in total. The van der Waals surface area contributed by atoms with Crippen molar-refractivity contribution in [3.63, 3.8) is 0 Å². The van der Waals surface area contributed by atoms with Gasteiger partial charge in [0.1, 0.15) is 0 Å². The van der Waals surface area contributed by atoms with Crippen LogP contribution in [-0.4, -0.2) is 25.8 Å². The first-order valence-electron chi connectivity index (χ1n) is 5.47. The minimum Gasteiger partial charge on any atom is -0.341 e. The summed E-state index contributed by atoms with van der Waals surface area (Å²) in [7, 11) is 0. The number of carbonyl (C=O) groups is 1. The molecule has 0 fully saturated rings. The van der Waals surface area contributed by atoms with E-state index in [1.807, 2.05) is 19.2 Å². The lowest BCUT2D eigenvalue weighted by molar-refractivity contribution is 0.0740. The summed E-state index contributed by atoms with van der Waals surface area (Å²) in [4.78, 5) is 24.9. The van der Waals surface area contributed by atoms with Crippen molar-refractivity contribution in [2.75, 3.05) is 0 Å². The van der Waals surface area contributed by atoms with Gasteiger partial charge in [-0.25, -0.2) is 4.98 Å². The van der Waals surface area contributed by atoms with Gasteiger partial charge < -0.3 is 9.88 Å². The van der Waals surface area contributed by atoms with E-state index in [2.05, 4.69) is 15.0 Å². The number of pyridine rings is 1. The molecule has 3 rings (SSSR count). The highest BCUT2D eigenvalue weighted by molar-refractivity contribution is 5.90. The Hall–Kier alpha value is -2.17. The summed E-state index contributed by atoms with van der Waals surface area (Å²) in [5, 5.41) is 0. The molecule has 0 saturated heterocycles. The van der Waals surface area contributed by atoms with Crippen LogP contribution in [0.3, 0.4) is 0 Å². The molecule has 0 aliphatic carbocycles. The van der Waals surface area contributed by atoms with Gasteiger partial charge in [-0.05, 0) is 24.1 Å². The van der Waals surface area contributed by atoms with Gasteiger partial charge in [-0.15, -0.1) is 0 Å². The van der Waals surface area contributed by atoms with Crippen LogP contribution in [0, 0.1) is 6.92 Å². The van der Waals surface area contributed by atoms with Gasteiger partial charge in [-0.3, -0.25) is 9.78 Å². The van der Waals surface area contributed by atoms with Gasteiger partial charge in [0.15, 0.2) is 5.82 Å². The second kappa shape index (κ2) is 3.69. The Kier molecular flexibility index (Phi) is 2.18. The molecule has 0 aromatic carbocycles. The fraction of sp³-hybridized carbons (Fsp3) is 0.250. The molecule has 1 N–H and O–H groups in total. The number of fused-ring (bicyclic) bond motifs is 1. The molecular formula is C12H12N4O. The summed E-state index contributed by atoms with van der Waals surface area (Å²) in [6, 6.07) is 2.03. The maximum absolute atomic E-state index is 12.1. The first kappa shape index (κ1) is 10.0. The molecule has 1 amide bonds. The van der Waals surface area contributed by atoms with E-state index in [1.165, 1.54) is 5.56 Å². The lowest BCUT2D eigenvalue weighted by Gasteiger charge is -2.12. The molecular weight excluding hydrogens is 216 g/mol. The third-order valence-electron chi connectivity index (χ3n) is 2.93. The van der Waals surface area contributed by atoms with Gasteiger partial charge in [0.2, 0.25) is 0 Å². The Balaban J connectivity index is 1.85. The first-order chi connectivity index (χ1) is 8.24. The molecule has 0 spiro atoms. The highest BCUT2D eigenvalue weighted by Crippen LogP contribution is 2.23. The normalized spacial score (nSPS) is 13.8. The molecule has 86 valence electrons. The monoisotopic (exact) mass is 228 g/mol. The number of aromatic amines is 1. The minimum absolute atomic E-state index is 0.0659. The fourth-order valence-electron chi connectivity index (χ4n) is 2.08. The van der Waals surface area contributed by atoms with Crippen LogP contribution in [0.25, 0.3) is 0 Å². The molecule has 2 aromatic rings. The summed E-state index contributed by atoms with van der Waals surface area (Å²) in [6.07, 6.45) is 5.09. The van der Waals surface area contributed by atoms with Crippen molar-refractivity contribution in [1.29, 1.82) is 0 Å². The average Bonchev–Trinajstić information content (AvgIpc) is 2.96. The number of aromatic nitrogens is 3. The van der Waals surface area contributed by atoms with E-state index in [-0.39, 0.29) is 5.91 Å². The zero-order chi connectivity index (χ0) is 11.8. The number of hydrogen-bond donors (Lipinski definition) is 1. The van der Waals surface area contributed by atoms with Crippen LogP contribution in [0.15, 0.2) is 24.7 Å². The van der Waals surface area contributed by atoms with Gasteiger partial charge in [0.25, 0.3) is 5.91 Å². The van der Waals surface area contributed by atoms with Gasteiger partial charge >= 0.3 is 0 Å². The smallest absolute Gasteiger partial charge is 0.290 e. The quantitative estimate of drug-likeness (QED) is 0.799. The predicted molar refractivity (Wildman–Crippen MR) is 61.1 cm³/mol. The predicted octanol–water partition coefficient (Wildman–Crippen LogP) is 1.27. The van der Waals surface area contributed by atoms with Crippen molar-refractivity contribution in [2.24, 2.45) is 0 Å². The molecule has 3 heterocycles. The molecule has 0 bridgehead atoms. The first-order valence-corrected chi connectivity index (χ1v) is 5.47. The van der Waals surface area contributed by atoms with Crippen molar-refractivity contribution in [3.8, 4) is 0 Å². The van der Waals surface area contributed by atoms with E-state index < -0.39 is 0 Å². The largest absolute Gasteiger partial charge is 0.341 e. The van der Waals surface area contributed by atoms with Crippen LogP contribution < -0.4 is 0 Å². The van der Waals surface area contributed by atoms with Crippen molar-refractivity contribution in [2.45, 2.75) is 20.0 Å². The number of nitrogens with one attached hydrogen (secondary N) is 1. The number of aryl methyl sites for hydroxylation is 1. The molecule has 5 heteroatoms. The van der Waals surface area contributed by atoms with Crippen molar-refractivity contribution >= 4 is 5.91 Å². The average molecular weight is 228 g/mol. The number of nitrogens with zero attached hydrogens (tertiary/aromatic N) is 3. The summed E-state index contributed by atoms with van der Waals surface area (Å²) < 4.78 is 0. The summed E-state index contributed by atoms with van der Waals surface area (Å²) >= 11 is 0. The number of rotatable bonds is 1. The van der Waals surface area contributed by atoms with Crippen molar-refractivity contribution in [1.82, 2.24) is 19.9 Å². The maximum Gasteiger partial charge on any atom is 0.290 e. The molecule has 17 heavy (non-hydrogen) atoms. The Morgan fingerprint density at radius 1 is 1.35 bits per heavy atom. The Bertz CT molecular complexity index is 562. The van der Waals surface area contributed by atoms with E-state index >= 15 is 0 Å². The maximum atomic E-state index is 12.1. The Labute approximate surface area is 98.5 Å². The number of imidazole rings is 1. The standard InChI is InChI=1S/C12H12N4O/c1-8-4-9-6-16(7-10(9)5-15-8)12(17)11-13-2-3-14-11/h2-5H,6-7H2,1H3,(H,13,14). The van der Waals surface area contributed by atoms with Crippen molar-refractivity contribution in [3.05, 3.63) is 47.3 Å². The van der Waals surface area contributed by atoms with Crippen LogP contribution in [0.2, 0.25) is 0 Å². The van der Waals surface area contributed by atoms with E-state index in [0.29, 0.717) is 18.9 Å². The zero-order valence-corrected chi connectivity index (χ0v) is 9.47. The molecule has 0 saturated carbocycles. The topological polar surface area (TPSA) is 61.9 Å². The van der Waals surface area contributed by atoms with Crippen LogP contribution in [-0.2, 0) is 13.1 Å². The Morgan fingerprint density at radius 3 is 2.94 bits per heavy atom. The molecule has 1 aliphatic rings. The summed E-state index contributed by atoms with van der Waals surface area (Å²) in [5.41, 5.74) is 3.28. The summed E-state index contributed by atoms with van der Waals surface area (Å²) in [6.45, 7) is 3.21. The second-order valence-electron chi connectivity index (χ2n) is 4.19. The Morgan fingerprint density at radius 2 is 2.18 bits per heavy atom. The molecule has 2 aromatic heterocycles. The second-order valence-corrected chi connectivity index (χ2v) is 4.19. The van der Waals surface area contributed by atoms with E-state index in [4.69, 9.17) is 0 Å². The number of hydrogen-bond acceptors (Lipinski definition) is 3. The number of carbonyl (C=O) groups excluding carboxylic acids is 1. The third kappa shape index (κ3) is 1.69. The molecule has 0 unspecified atom stereocenters. The van der Waals surface area contributed by atoms with Crippen LogP contribution in [0.5, 0.6) is 0 Å². The van der Waals surface area contributed by atoms with Crippen LogP contribution in [0.4, 0.5) is 0 Å². The van der Waals surface area contributed by atoms with Gasteiger partial charge in [-0.2, -0.15) is 0 Å². The third-order valence-corrected chi connectivity index (χ3v) is 2.93. The number of H-pyrrole nitrogens is 1. The van der Waals surface area contributed by atoms with E-state index in [0.717, 1.165) is 11.3 Å². The molecule has 0 atom stereocenters. The van der Waals surface area contributed by atoms with Crippen molar-refractivity contribution < 1.29 is 4.79 Å². The zero-order valence-electron chi connectivity index (χ0n) is 9.47. The highest BCUT2D eigenvalue weighted by Gasteiger charge is 2.25. The van der Waals surface area contributed by atoms with Crippen LogP contribution >= 0.6 is 0 Å².